The zero-order valence-electron chi connectivity index (χ0n) is 13.1. The summed E-state index contributed by atoms with van der Waals surface area (Å²) >= 11 is 0. The highest BCUT2D eigenvalue weighted by Crippen LogP contribution is 2.39. The molecular weight excluding hydrogens is 270 g/mol. The average molecular weight is 293 g/mol. The first kappa shape index (κ1) is 15.5. The van der Waals surface area contributed by atoms with E-state index in [0.29, 0.717) is 16.9 Å². The summed E-state index contributed by atoms with van der Waals surface area (Å²) in [6.45, 7) is 6.12. The maximum absolute atomic E-state index is 11.3. The highest BCUT2D eigenvalue weighted by Gasteiger charge is 2.33. The molecule has 0 saturated heterocycles. The van der Waals surface area contributed by atoms with Crippen LogP contribution in [-0.4, -0.2) is 28.0 Å². The van der Waals surface area contributed by atoms with Crippen molar-refractivity contribution in [3.8, 4) is 0 Å². The molecule has 116 valence electrons. The van der Waals surface area contributed by atoms with Crippen LogP contribution >= 0.6 is 0 Å². The monoisotopic (exact) mass is 293 g/mol. The second kappa shape index (κ2) is 5.46. The van der Waals surface area contributed by atoms with E-state index in [1.165, 1.54) is 0 Å². The lowest BCUT2D eigenvalue weighted by atomic mass is 9.75. The van der Waals surface area contributed by atoms with Crippen molar-refractivity contribution in [1.82, 2.24) is 9.97 Å². The SMILES string of the molecule is Cc1nc(N)nc(N(C)C2CCC(C)(C)CC2)c1[N+](=O)[O-]. The van der Waals surface area contributed by atoms with Crippen molar-refractivity contribution in [2.24, 2.45) is 5.41 Å². The van der Waals surface area contributed by atoms with Gasteiger partial charge in [-0.1, -0.05) is 13.8 Å². The number of rotatable bonds is 3. The maximum atomic E-state index is 11.3. The van der Waals surface area contributed by atoms with Gasteiger partial charge < -0.3 is 10.6 Å². The number of nitrogens with zero attached hydrogens (tertiary/aromatic N) is 4. The fourth-order valence-electron chi connectivity index (χ4n) is 2.98. The highest BCUT2D eigenvalue weighted by molar-refractivity contribution is 5.62. The maximum Gasteiger partial charge on any atom is 0.332 e. The summed E-state index contributed by atoms with van der Waals surface area (Å²) in [5, 5.41) is 11.3. The molecule has 1 aromatic rings. The molecule has 21 heavy (non-hydrogen) atoms. The van der Waals surface area contributed by atoms with E-state index in [2.05, 4.69) is 23.8 Å². The van der Waals surface area contributed by atoms with Crippen LogP contribution in [0.1, 0.15) is 45.2 Å². The van der Waals surface area contributed by atoms with Crippen LogP contribution in [0.15, 0.2) is 0 Å². The second-order valence-corrected chi connectivity index (χ2v) is 6.60. The summed E-state index contributed by atoms with van der Waals surface area (Å²) in [6.07, 6.45) is 4.22. The zero-order valence-corrected chi connectivity index (χ0v) is 13.1. The van der Waals surface area contributed by atoms with Crippen LogP contribution in [0.3, 0.4) is 0 Å². The molecule has 0 aliphatic heterocycles. The van der Waals surface area contributed by atoms with Gasteiger partial charge in [-0.05, 0) is 38.0 Å². The van der Waals surface area contributed by atoms with Crippen LogP contribution in [-0.2, 0) is 0 Å². The Hall–Kier alpha value is -1.92. The van der Waals surface area contributed by atoms with Gasteiger partial charge in [0.1, 0.15) is 5.69 Å². The van der Waals surface area contributed by atoms with Crippen molar-refractivity contribution in [1.29, 1.82) is 0 Å². The second-order valence-electron chi connectivity index (χ2n) is 6.60. The molecule has 1 heterocycles. The van der Waals surface area contributed by atoms with Gasteiger partial charge in [0.05, 0.1) is 4.92 Å². The molecule has 0 aromatic carbocycles. The highest BCUT2D eigenvalue weighted by atomic mass is 16.6. The normalized spacial score (nSPS) is 18.5. The van der Waals surface area contributed by atoms with Crippen molar-refractivity contribution in [3.05, 3.63) is 15.8 Å². The van der Waals surface area contributed by atoms with Gasteiger partial charge in [-0.3, -0.25) is 10.1 Å². The fraction of sp³-hybridized carbons (Fsp3) is 0.714. The Morgan fingerprint density at radius 2 is 1.90 bits per heavy atom. The van der Waals surface area contributed by atoms with Crippen molar-refractivity contribution in [2.45, 2.75) is 52.5 Å². The fourth-order valence-corrected chi connectivity index (χ4v) is 2.98. The van der Waals surface area contributed by atoms with Crippen molar-refractivity contribution in [2.75, 3.05) is 17.7 Å². The van der Waals surface area contributed by atoms with E-state index in [1.54, 1.807) is 6.92 Å². The Bertz CT molecular complexity index is 549. The summed E-state index contributed by atoms with van der Waals surface area (Å²) in [6, 6.07) is 0.255. The molecule has 0 unspecified atom stereocenters. The van der Waals surface area contributed by atoms with Crippen LogP contribution in [0.25, 0.3) is 0 Å². The van der Waals surface area contributed by atoms with E-state index >= 15 is 0 Å². The van der Waals surface area contributed by atoms with Gasteiger partial charge in [0.15, 0.2) is 0 Å². The Balaban J connectivity index is 2.31. The van der Waals surface area contributed by atoms with E-state index in [1.807, 2.05) is 11.9 Å². The number of nitrogens with two attached hydrogens (primary N) is 1. The molecular formula is C14H23N5O2. The van der Waals surface area contributed by atoms with Crippen molar-refractivity contribution < 1.29 is 4.92 Å². The lowest BCUT2D eigenvalue weighted by molar-refractivity contribution is -0.385. The minimum atomic E-state index is -0.423. The standard InChI is InChI=1S/C14H23N5O2/c1-9-11(19(20)21)12(17-13(15)16-9)18(4)10-5-7-14(2,3)8-6-10/h10H,5-8H2,1-4H3,(H2,15,16,17). The van der Waals surface area contributed by atoms with Gasteiger partial charge in [-0.15, -0.1) is 0 Å². The average Bonchev–Trinajstić information content (AvgIpc) is 2.36. The third kappa shape index (κ3) is 3.22. The number of hydrogen-bond acceptors (Lipinski definition) is 6. The van der Waals surface area contributed by atoms with Gasteiger partial charge in [0, 0.05) is 13.1 Å². The molecule has 1 saturated carbocycles. The van der Waals surface area contributed by atoms with Crippen LogP contribution in [0.4, 0.5) is 17.5 Å². The Morgan fingerprint density at radius 3 is 2.43 bits per heavy atom. The van der Waals surface area contributed by atoms with Crippen LogP contribution in [0, 0.1) is 22.5 Å². The molecule has 0 atom stereocenters. The molecule has 2 N–H and O–H groups in total. The van der Waals surface area contributed by atoms with Gasteiger partial charge in [-0.25, -0.2) is 4.98 Å². The Kier molecular flexibility index (Phi) is 4.02. The van der Waals surface area contributed by atoms with E-state index in [-0.39, 0.29) is 17.7 Å². The van der Waals surface area contributed by atoms with Crippen LogP contribution in [0.5, 0.6) is 0 Å². The molecule has 7 heteroatoms. The van der Waals surface area contributed by atoms with E-state index in [4.69, 9.17) is 5.73 Å². The molecule has 2 rings (SSSR count). The molecule has 0 amide bonds. The van der Waals surface area contributed by atoms with Gasteiger partial charge in [0.25, 0.3) is 0 Å². The lowest BCUT2D eigenvalue weighted by Gasteiger charge is -2.38. The summed E-state index contributed by atoms with van der Waals surface area (Å²) in [4.78, 5) is 20.8. The largest absolute Gasteiger partial charge is 0.368 e. The smallest absolute Gasteiger partial charge is 0.332 e. The minimum absolute atomic E-state index is 0.0449. The summed E-state index contributed by atoms with van der Waals surface area (Å²) < 4.78 is 0. The van der Waals surface area contributed by atoms with Gasteiger partial charge >= 0.3 is 5.69 Å². The third-order valence-electron chi connectivity index (χ3n) is 4.43. The molecule has 0 radical (unpaired) electrons. The predicted octanol–water partition coefficient (Wildman–Crippen LogP) is 2.68. The number of anilines is 2. The first-order valence-electron chi connectivity index (χ1n) is 7.22. The molecule has 1 fully saturated rings. The van der Waals surface area contributed by atoms with E-state index in [0.717, 1.165) is 25.7 Å². The number of nitrogen functional groups attached to an aromatic ring is 1. The first-order chi connectivity index (χ1) is 9.71. The molecule has 1 aromatic heterocycles. The summed E-state index contributed by atoms with van der Waals surface area (Å²) in [5.41, 5.74) is 6.28. The third-order valence-corrected chi connectivity index (χ3v) is 4.43. The molecule has 0 spiro atoms. The molecule has 0 bridgehead atoms. The van der Waals surface area contributed by atoms with Gasteiger partial charge in [0.2, 0.25) is 11.8 Å². The minimum Gasteiger partial charge on any atom is -0.368 e. The molecule has 1 aliphatic carbocycles. The Labute approximate surface area is 124 Å². The Morgan fingerprint density at radius 1 is 1.33 bits per heavy atom. The zero-order chi connectivity index (χ0) is 15.8. The number of hydrogen-bond donors (Lipinski definition) is 1. The molecule has 1 aliphatic rings. The van der Waals surface area contributed by atoms with E-state index < -0.39 is 4.92 Å². The van der Waals surface area contributed by atoms with Gasteiger partial charge in [-0.2, -0.15) is 4.98 Å². The number of nitro groups is 1. The quantitative estimate of drug-likeness (QED) is 0.679. The topological polar surface area (TPSA) is 98.2 Å². The first-order valence-corrected chi connectivity index (χ1v) is 7.22. The number of aromatic nitrogens is 2. The number of aryl methyl sites for hydroxylation is 1. The lowest BCUT2D eigenvalue weighted by Crippen LogP contribution is -2.38. The summed E-state index contributed by atoms with van der Waals surface area (Å²) in [5.74, 6) is 0.408. The van der Waals surface area contributed by atoms with Crippen LogP contribution in [0.2, 0.25) is 0 Å². The van der Waals surface area contributed by atoms with E-state index in [9.17, 15) is 10.1 Å². The van der Waals surface area contributed by atoms with Crippen LogP contribution < -0.4 is 10.6 Å². The van der Waals surface area contributed by atoms with Crippen molar-refractivity contribution in [3.63, 3.8) is 0 Å². The van der Waals surface area contributed by atoms with Crippen molar-refractivity contribution >= 4 is 17.5 Å². The predicted molar refractivity (Wildman–Crippen MR) is 82.3 cm³/mol. The summed E-state index contributed by atoms with van der Waals surface area (Å²) in [7, 11) is 1.86. The molecule has 7 nitrogen and oxygen atoms in total.